The maximum atomic E-state index is 13.0. The number of amides is 3. The van der Waals surface area contributed by atoms with Crippen molar-refractivity contribution in [1.82, 2.24) is 15.5 Å². The molecule has 0 saturated carbocycles. The van der Waals surface area contributed by atoms with Gasteiger partial charge in [-0.1, -0.05) is 29.3 Å². The first kappa shape index (κ1) is 17.1. The van der Waals surface area contributed by atoms with Gasteiger partial charge in [-0.2, -0.15) is 0 Å². The molecule has 8 heteroatoms. The Labute approximate surface area is 149 Å². The van der Waals surface area contributed by atoms with Crippen LogP contribution >= 0.6 is 23.2 Å². The van der Waals surface area contributed by atoms with E-state index in [1.807, 2.05) is 0 Å². The molecule has 1 aromatic carbocycles. The first-order valence-electron chi connectivity index (χ1n) is 7.57. The van der Waals surface area contributed by atoms with E-state index in [9.17, 15) is 9.59 Å². The van der Waals surface area contributed by atoms with E-state index < -0.39 is 6.04 Å². The molecule has 3 amide bonds. The summed E-state index contributed by atoms with van der Waals surface area (Å²) in [5.74, 6) is -0.140. The zero-order valence-electron chi connectivity index (χ0n) is 13.1. The van der Waals surface area contributed by atoms with Crippen molar-refractivity contribution < 1.29 is 14.3 Å². The SMILES string of the molecule is CC1=C(C(=O)N2CCOCC2)[C@@H](c2ccc(Cl)cc2Cl)NC(=O)N1. The summed E-state index contributed by atoms with van der Waals surface area (Å²) in [5.41, 5.74) is 1.62. The monoisotopic (exact) mass is 369 g/mol. The number of ether oxygens (including phenoxy) is 1. The highest BCUT2D eigenvalue weighted by atomic mass is 35.5. The van der Waals surface area contributed by atoms with Gasteiger partial charge in [0.2, 0.25) is 0 Å². The largest absolute Gasteiger partial charge is 0.378 e. The molecule has 1 aromatic rings. The van der Waals surface area contributed by atoms with Gasteiger partial charge in [0.15, 0.2) is 0 Å². The van der Waals surface area contributed by atoms with E-state index in [4.69, 9.17) is 27.9 Å². The standard InChI is InChI=1S/C16H17Cl2N3O3/c1-9-13(15(22)21-4-6-24-7-5-21)14(20-16(23)19-9)11-3-2-10(17)8-12(11)18/h2-3,8,14H,4-7H2,1H3,(H2,19,20,23)/t14-/m1/s1. The Morgan fingerprint density at radius 1 is 1.29 bits per heavy atom. The van der Waals surface area contributed by atoms with Crippen LogP contribution in [0.4, 0.5) is 4.79 Å². The predicted octanol–water partition coefficient (Wildman–Crippen LogP) is 2.48. The summed E-state index contributed by atoms with van der Waals surface area (Å²) in [7, 11) is 0. The highest BCUT2D eigenvalue weighted by Gasteiger charge is 2.35. The minimum absolute atomic E-state index is 0.140. The first-order chi connectivity index (χ1) is 11.5. The molecule has 0 radical (unpaired) electrons. The second-order valence-corrected chi connectivity index (χ2v) is 6.48. The molecule has 2 heterocycles. The maximum Gasteiger partial charge on any atom is 0.319 e. The molecule has 1 saturated heterocycles. The third-order valence-electron chi connectivity index (χ3n) is 4.07. The number of morpholine rings is 1. The van der Waals surface area contributed by atoms with E-state index >= 15 is 0 Å². The molecule has 2 N–H and O–H groups in total. The molecule has 1 fully saturated rings. The van der Waals surface area contributed by atoms with Gasteiger partial charge in [-0.3, -0.25) is 4.79 Å². The number of hydrogen-bond donors (Lipinski definition) is 2. The Kier molecular flexibility index (Phi) is 4.99. The molecule has 0 aromatic heterocycles. The van der Waals surface area contributed by atoms with Crippen molar-refractivity contribution in [3.8, 4) is 0 Å². The van der Waals surface area contributed by atoms with Crippen molar-refractivity contribution in [3.05, 3.63) is 45.1 Å². The summed E-state index contributed by atoms with van der Waals surface area (Å²) in [4.78, 5) is 26.6. The second-order valence-electron chi connectivity index (χ2n) is 5.64. The zero-order valence-corrected chi connectivity index (χ0v) is 14.6. The van der Waals surface area contributed by atoms with Crippen LogP contribution in [0.2, 0.25) is 10.0 Å². The van der Waals surface area contributed by atoms with Crippen LogP contribution in [-0.4, -0.2) is 43.1 Å². The molecule has 6 nitrogen and oxygen atoms in total. The minimum Gasteiger partial charge on any atom is -0.378 e. The molecule has 0 aliphatic carbocycles. The third kappa shape index (κ3) is 3.36. The summed E-state index contributed by atoms with van der Waals surface area (Å²) in [6.45, 7) is 3.76. The number of urea groups is 1. The van der Waals surface area contributed by atoms with Crippen LogP contribution in [0.5, 0.6) is 0 Å². The molecule has 2 aliphatic rings. The summed E-state index contributed by atoms with van der Waals surface area (Å²) < 4.78 is 5.29. The maximum absolute atomic E-state index is 13.0. The van der Waals surface area contributed by atoms with Crippen LogP contribution in [0.3, 0.4) is 0 Å². The minimum atomic E-state index is -0.626. The van der Waals surface area contributed by atoms with E-state index in [1.165, 1.54) is 0 Å². The molecule has 0 bridgehead atoms. The molecular formula is C16H17Cl2N3O3. The van der Waals surface area contributed by atoms with Crippen LogP contribution in [0, 0.1) is 0 Å². The van der Waals surface area contributed by atoms with Gasteiger partial charge < -0.3 is 20.3 Å². The molecule has 1 atom stereocenters. The first-order valence-corrected chi connectivity index (χ1v) is 8.33. The van der Waals surface area contributed by atoms with Gasteiger partial charge in [0.05, 0.1) is 24.8 Å². The van der Waals surface area contributed by atoms with Crippen LogP contribution in [0.25, 0.3) is 0 Å². The Balaban J connectivity index is 2.00. The predicted molar refractivity (Wildman–Crippen MR) is 91.0 cm³/mol. The van der Waals surface area contributed by atoms with E-state index in [0.717, 1.165) is 0 Å². The normalized spacial score (nSPS) is 21.4. The lowest BCUT2D eigenvalue weighted by Crippen LogP contribution is -2.49. The van der Waals surface area contributed by atoms with Gasteiger partial charge in [0.25, 0.3) is 5.91 Å². The number of allylic oxidation sites excluding steroid dienone is 1. The number of hydrogen-bond acceptors (Lipinski definition) is 3. The van der Waals surface area contributed by atoms with E-state index in [-0.39, 0.29) is 11.9 Å². The summed E-state index contributed by atoms with van der Waals surface area (Å²) in [6.07, 6.45) is 0. The van der Waals surface area contributed by atoms with Crippen LogP contribution in [0.15, 0.2) is 29.5 Å². The Morgan fingerprint density at radius 3 is 2.67 bits per heavy atom. The summed E-state index contributed by atoms with van der Waals surface area (Å²) in [5, 5.41) is 6.33. The van der Waals surface area contributed by atoms with Crippen molar-refractivity contribution in [3.63, 3.8) is 0 Å². The topological polar surface area (TPSA) is 70.7 Å². The molecule has 24 heavy (non-hydrogen) atoms. The fourth-order valence-corrected chi connectivity index (χ4v) is 3.40. The average molecular weight is 370 g/mol. The number of nitrogens with zero attached hydrogens (tertiary/aromatic N) is 1. The molecule has 0 spiro atoms. The Morgan fingerprint density at radius 2 is 2.00 bits per heavy atom. The molecule has 128 valence electrons. The second kappa shape index (κ2) is 7.01. The Bertz CT molecular complexity index is 715. The average Bonchev–Trinajstić information content (AvgIpc) is 2.54. The fraction of sp³-hybridized carbons (Fsp3) is 0.375. The van der Waals surface area contributed by atoms with Crippen molar-refractivity contribution in [2.24, 2.45) is 0 Å². The number of carbonyl (C=O) groups is 2. The lowest BCUT2D eigenvalue weighted by Gasteiger charge is -2.34. The lowest BCUT2D eigenvalue weighted by atomic mass is 9.94. The van der Waals surface area contributed by atoms with Crippen LogP contribution in [-0.2, 0) is 9.53 Å². The van der Waals surface area contributed by atoms with Crippen molar-refractivity contribution in [2.45, 2.75) is 13.0 Å². The lowest BCUT2D eigenvalue weighted by molar-refractivity contribution is -0.131. The van der Waals surface area contributed by atoms with Crippen LogP contribution in [0.1, 0.15) is 18.5 Å². The van der Waals surface area contributed by atoms with E-state index in [0.29, 0.717) is 53.2 Å². The number of nitrogens with one attached hydrogen (secondary N) is 2. The third-order valence-corrected chi connectivity index (χ3v) is 4.63. The number of benzene rings is 1. The van der Waals surface area contributed by atoms with Gasteiger partial charge in [-0.25, -0.2) is 4.79 Å². The van der Waals surface area contributed by atoms with Gasteiger partial charge in [0.1, 0.15) is 0 Å². The van der Waals surface area contributed by atoms with Crippen molar-refractivity contribution in [1.29, 1.82) is 0 Å². The number of halogens is 2. The smallest absolute Gasteiger partial charge is 0.319 e. The van der Waals surface area contributed by atoms with Gasteiger partial charge in [-0.15, -0.1) is 0 Å². The van der Waals surface area contributed by atoms with Crippen LogP contribution < -0.4 is 10.6 Å². The number of carbonyl (C=O) groups excluding carboxylic acids is 2. The zero-order chi connectivity index (χ0) is 17.3. The van der Waals surface area contributed by atoms with E-state index in [1.54, 1.807) is 30.0 Å². The Hall–Kier alpha value is -1.76. The number of rotatable bonds is 2. The van der Waals surface area contributed by atoms with E-state index in [2.05, 4.69) is 10.6 Å². The summed E-state index contributed by atoms with van der Waals surface area (Å²) >= 11 is 12.2. The summed E-state index contributed by atoms with van der Waals surface area (Å²) in [6, 6.07) is 4.00. The van der Waals surface area contributed by atoms with Gasteiger partial charge in [0, 0.05) is 28.8 Å². The quantitative estimate of drug-likeness (QED) is 0.840. The van der Waals surface area contributed by atoms with Gasteiger partial charge in [-0.05, 0) is 24.6 Å². The molecule has 3 rings (SSSR count). The van der Waals surface area contributed by atoms with Gasteiger partial charge >= 0.3 is 6.03 Å². The van der Waals surface area contributed by atoms with Crippen molar-refractivity contribution in [2.75, 3.05) is 26.3 Å². The highest BCUT2D eigenvalue weighted by Crippen LogP contribution is 2.34. The fourth-order valence-electron chi connectivity index (χ4n) is 2.88. The van der Waals surface area contributed by atoms with Crippen molar-refractivity contribution >= 4 is 35.1 Å². The highest BCUT2D eigenvalue weighted by molar-refractivity contribution is 6.35. The molecule has 2 aliphatic heterocycles. The molecule has 0 unspecified atom stereocenters. The molecular weight excluding hydrogens is 353 g/mol.